The molecule has 1 amide bonds. The van der Waals surface area contributed by atoms with Crippen molar-refractivity contribution in [2.24, 2.45) is 0 Å². The summed E-state index contributed by atoms with van der Waals surface area (Å²) in [5.41, 5.74) is 1.03. The summed E-state index contributed by atoms with van der Waals surface area (Å²) in [5, 5.41) is 2.65. The zero-order valence-electron chi connectivity index (χ0n) is 7.87. The van der Waals surface area contributed by atoms with Crippen molar-refractivity contribution >= 4 is 17.7 Å². The summed E-state index contributed by atoms with van der Waals surface area (Å²) in [4.78, 5) is 11.0. The van der Waals surface area contributed by atoms with Gasteiger partial charge in [-0.25, -0.2) is 4.79 Å². The molecule has 0 heterocycles. The number of hydrogen-bond donors (Lipinski definition) is 1. The maximum atomic E-state index is 11.0. The first kappa shape index (κ1) is 10.9. The van der Waals surface area contributed by atoms with Crippen LogP contribution in [-0.4, -0.2) is 12.2 Å². The SMILES string of the molecule is CC(NC(=O)OCCl)c1ccccc1. The minimum Gasteiger partial charge on any atom is -0.433 e. The molecule has 0 bridgehead atoms. The molecule has 1 rings (SSSR count). The Labute approximate surface area is 88.0 Å². The maximum Gasteiger partial charge on any atom is 0.408 e. The number of ether oxygens (including phenoxy) is 1. The molecule has 3 nitrogen and oxygen atoms in total. The third-order valence-corrected chi connectivity index (χ3v) is 1.93. The van der Waals surface area contributed by atoms with Crippen LogP contribution in [0.4, 0.5) is 4.79 Å². The van der Waals surface area contributed by atoms with Crippen LogP contribution in [0.3, 0.4) is 0 Å². The van der Waals surface area contributed by atoms with E-state index in [9.17, 15) is 4.79 Å². The molecule has 0 aliphatic carbocycles. The predicted octanol–water partition coefficient (Wildman–Crippen LogP) is 2.67. The van der Waals surface area contributed by atoms with E-state index in [0.717, 1.165) is 5.56 Å². The van der Waals surface area contributed by atoms with E-state index >= 15 is 0 Å². The topological polar surface area (TPSA) is 38.3 Å². The molecule has 0 aliphatic heterocycles. The van der Waals surface area contributed by atoms with Gasteiger partial charge in [-0.15, -0.1) is 0 Å². The van der Waals surface area contributed by atoms with Crippen molar-refractivity contribution in [3.05, 3.63) is 35.9 Å². The standard InChI is InChI=1S/C10H12ClNO2/c1-8(12-10(13)14-7-11)9-5-3-2-4-6-9/h2-6,8H,7H2,1H3,(H,12,13). The number of nitrogens with one attached hydrogen (secondary N) is 1. The molecule has 1 aromatic carbocycles. The summed E-state index contributed by atoms with van der Waals surface area (Å²) in [6, 6.07) is 9.42. The molecular weight excluding hydrogens is 202 g/mol. The van der Waals surface area contributed by atoms with Gasteiger partial charge in [0, 0.05) is 0 Å². The molecule has 76 valence electrons. The molecule has 0 saturated carbocycles. The smallest absolute Gasteiger partial charge is 0.408 e. The average Bonchev–Trinajstić information content (AvgIpc) is 2.19. The first-order valence-electron chi connectivity index (χ1n) is 4.28. The van der Waals surface area contributed by atoms with Crippen LogP contribution in [0.1, 0.15) is 18.5 Å². The molecule has 1 N–H and O–H groups in total. The third kappa shape index (κ3) is 3.26. The summed E-state index contributed by atoms with van der Waals surface area (Å²) in [7, 11) is 0. The molecule has 1 unspecified atom stereocenters. The fourth-order valence-electron chi connectivity index (χ4n) is 1.09. The summed E-state index contributed by atoms with van der Waals surface area (Å²) < 4.78 is 4.55. The molecule has 0 saturated heterocycles. The Hall–Kier alpha value is -1.22. The number of carbonyl (C=O) groups excluding carboxylic acids is 1. The van der Waals surface area contributed by atoms with Crippen molar-refractivity contribution in [1.82, 2.24) is 5.32 Å². The van der Waals surface area contributed by atoms with Crippen LogP contribution in [0.5, 0.6) is 0 Å². The van der Waals surface area contributed by atoms with Crippen molar-refractivity contribution in [1.29, 1.82) is 0 Å². The molecular formula is C10H12ClNO2. The quantitative estimate of drug-likeness (QED) is 0.784. The van der Waals surface area contributed by atoms with E-state index < -0.39 is 6.09 Å². The van der Waals surface area contributed by atoms with E-state index in [1.165, 1.54) is 0 Å². The normalized spacial score (nSPS) is 11.9. The first-order chi connectivity index (χ1) is 6.74. The minimum atomic E-state index is -0.503. The summed E-state index contributed by atoms with van der Waals surface area (Å²) >= 11 is 5.24. The molecule has 1 aromatic rings. The Morgan fingerprint density at radius 1 is 1.50 bits per heavy atom. The molecule has 0 spiro atoms. The van der Waals surface area contributed by atoms with Gasteiger partial charge >= 0.3 is 6.09 Å². The van der Waals surface area contributed by atoms with Crippen molar-refractivity contribution in [3.8, 4) is 0 Å². The number of carbonyl (C=O) groups is 1. The third-order valence-electron chi connectivity index (χ3n) is 1.82. The van der Waals surface area contributed by atoms with Gasteiger partial charge in [-0.1, -0.05) is 41.9 Å². The number of alkyl halides is 1. The van der Waals surface area contributed by atoms with E-state index in [0.29, 0.717) is 0 Å². The Balaban J connectivity index is 2.50. The minimum absolute atomic E-state index is 0.0769. The van der Waals surface area contributed by atoms with Gasteiger partial charge in [0.1, 0.15) is 0 Å². The van der Waals surface area contributed by atoms with E-state index in [4.69, 9.17) is 11.6 Å². The summed E-state index contributed by atoms with van der Waals surface area (Å²) in [6.07, 6.45) is -0.503. The highest BCUT2D eigenvalue weighted by molar-refractivity contribution is 6.17. The second kappa shape index (κ2) is 5.50. The van der Waals surface area contributed by atoms with Gasteiger partial charge in [0.25, 0.3) is 0 Å². The maximum absolute atomic E-state index is 11.0. The number of rotatable bonds is 3. The fraction of sp³-hybridized carbons (Fsp3) is 0.300. The number of halogens is 1. The van der Waals surface area contributed by atoms with Gasteiger partial charge < -0.3 is 10.1 Å². The van der Waals surface area contributed by atoms with E-state index in [1.807, 2.05) is 37.3 Å². The van der Waals surface area contributed by atoms with Gasteiger partial charge in [0.05, 0.1) is 6.04 Å². The fourth-order valence-corrected chi connectivity index (χ4v) is 1.19. The van der Waals surface area contributed by atoms with Crippen LogP contribution >= 0.6 is 11.6 Å². The van der Waals surface area contributed by atoms with Gasteiger partial charge in [-0.05, 0) is 12.5 Å². The second-order valence-electron chi connectivity index (χ2n) is 2.82. The molecule has 0 aliphatic rings. The Kier molecular flexibility index (Phi) is 4.26. The lowest BCUT2D eigenvalue weighted by Crippen LogP contribution is -2.26. The van der Waals surface area contributed by atoms with Gasteiger partial charge in [-0.3, -0.25) is 0 Å². The van der Waals surface area contributed by atoms with Crippen LogP contribution in [0.2, 0.25) is 0 Å². The highest BCUT2D eigenvalue weighted by Gasteiger charge is 2.08. The summed E-state index contributed by atoms with van der Waals surface area (Å²) in [6.45, 7) is 1.88. The van der Waals surface area contributed by atoms with Crippen molar-refractivity contribution in [3.63, 3.8) is 0 Å². The van der Waals surface area contributed by atoms with Crippen LogP contribution in [-0.2, 0) is 4.74 Å². The Morgan fingerprint density at radius 2 is 2.14 bits per heavy atom. The number of amides is 1. The summed E-state index contributed by atoms with van der Waals surface area (Å²) in [5.74, 6) is 0. The Morgan fingerprint density at radius 3 is 2.71 bits per heavy atom. The molecule has 0 fully saturated rings. The van der Waals surface area contributed by atoms with Gasteiger partial charge in [0.2, 0.25) is 0 Å². The van der Waals surface area contributed by atoms with Crippen molar-refractivity contribution in [2.75, 3.05) is 6.07 Å². The number of benzene rings is 1. The average molecular weight is 214 g/mol. The van der Waals surface area contributed by atoms with E-state index in [2.05, 4.69) is 10.1 Å². The highest BCUT2D eigenvalue weighted by atomic mass is 35.5. The predicted molar refractivity (Wildman–Crippen MR) is 55.2 cm³/mol. The lowest BCUT2D eigenvalue weighted by atomic mass is 10.1. The highest BCUT2D eigenvalue weighted by Crippen LogP contribution is 2.10. The van der Waals surface area contributed by atoms with Crippen LogP contribution < -0.4 is 5.32 Å². The largest absolute Gasteiger partial charge is 0.433 e. The molecule has 4 heteroatoms. The van der Waals surface area contributed by atoms with Crippen LogP contribution in [0.15, 0.2) is 30.3 Å². The van der Waals surface area contributed by atoms with Crippen molar-refractivity contribution in [2.45, 2.75) is 13.0 Å². The number of hydrogen-bond acceptors (Lipinski definition) is 2. The van der Waals surface area contributed by atoms with Crippen LogP contribution in [0.25, 0.3) is 0 Å². The molecule has 1 atom stereocenters. The zero-order chi connectivity index (χ0) is 10.4. The van der Waals surface area contributed by atoms with Crippen LogP contribution in [0, 0.1) is 0 Å². The van der Waals surface area contributed by atoms with E-state index in [1.54, 1.807) is 0 Å². The lowest BCUT2D eigenvalue weighted by molar-refractivity contribution is 0.161. The Bertz CT molecular complexity index is 289. The van der Waals surface area contributed by atoms with Gasteiger partial charge in [0.15, 0.2) is 6.07 Å². The molecule has 0 aromatic heterocycles. The lowest BCUT2D eigenvalue weighted by Gasteiger charge is -2.13. The molecule has 14 heavy (non-hydrogen) atoms. The molecule has 0 radical (unpaired) electrons. The monoisotopic (exact) mass is 213 g/mol. The van der Waals surface area contributed by atoms with Gasteiger partial charge in [-0.2, -0.15) is 0 Å². The number of alkyl carbamates (subject to hydrolysis) is 1. The zero-order valence-corrected chi connectivity index (χ0v) is 8.62. The van der Waals surface area contributed by atoms with Crippen molar-refractivity contribution < 1.29 is 9.53 Å². The van der Waals surface area contributed by atoms with E-state index in [-0.39, 0.29) is 12.1 Å². The first-order valence-corrected chi connectivity index (χ1v) is 4.81. The second-order valence-corrected chi connectivity index (χ2v) is 3.04.